The normalized spacial score (nSPS) is 11.8. The Morgan fingerprint density at radius 3 is 1.56 bits per heavy atom. The summed E-state index contributed by atoms with van der Waals surface area (Å²) in [5.41, 5.74) is 4.40. The van der Waals surface area contributed by atoms with Crippen LogP contribution >= 0.6 is 0 Å². The number of nitrogens with one attached hydrogen (secondary N) is 4. The molecule has 2 aromatic rings. The van der Waals surface area contributed by atoms with E-state index < -0.39 is 23.8 Å². The fourth-order valence-electron chi connectivity index (χ4n) is 4.52. The predicted octanol–water partition coefficient (Wildman–Crippen LogP) is 1.35. The second kappa shape index (κ2) is 20.8. The fraction of sp³-hybridized carbons (Fsp3) is 0.500. The summed E-state index contributed by atoms with van der Waals surface area (Å²) < 4.78 is 26.8. The Morgan fingerprint density at radius 1 is 0.578 bits per heavy atom. The minimum atomic E-state index is -0.737. The van der Waals surface area contributed by atoms with Crippen molar-refractivity contribution in [1.29, 1.82) is 0 Å². The van der Waals surface area contributed by atoms with Gasteiger partial charge in [-0.1, -0.05) is 55.5 Å². The van der Waals surface area contributed by atoms with Crippen LogP contribution in [0.25, 0.3) is 11.1 Å². The molecule has 0 bridgehead atoms. The maximum atomic E-state index is 12.2. The van der Waals surface area contributed by atoms with Crippen molar-refractivity contribution in [1.82, 2.24) is 21.3 Å². The number of fused-ring (bicyclic) bond motifs is 3. The van der Waals surface area contributed by atoms with E-state index in [1.807, 2.05) is 48.5 Å². The molecule has 2 aromatic carbocycles. The van der Waals surface area contributed by atoms with Gasteiger partial charge in [-0.05, 0) is 28.7 Å². The molecule has 0 radical (unpaired) electrons. The molecule has 0 saturated carbocycles. The van der Waals surface area contributed by atoms with E-state index in [0.29, 0.717) is 46.2 Å². The van der Waals surface area contributed by atoms with Crippen LogP contribution in [0, 0.1) is 0 Å². The maximum absolute atomic E-state index is 12.2. The van der Waals surface area contributed by atoms with Crippen LogP contribution < -0.4 is 21.3 Å². The number of carbonyl (C=O) groups excluding carboxylic acids is 4. The number of hydrogen-bond acceptors (Lipinski definition) is 9. The van der Waals surface area contributed by atoms with Crippen molar-refractivity contribution in [2.45, 2.75) is 19.3 Å². The molecule has 13 heteroatoms. The summed E-state index contributed by atoms with van der Waals surface area (Å²) in [6, 6.07) is 16.0. The van der Waals surface area contributed by atoms with Crippen LogP contribution in [0.2, 0.25) is 0 Å². The highest BCUT2D eigenvalue weighted by molar-refractivity contribution is 5.89. The zero-order valence-electron chi connectivity index (χ0n) is 25.8. The summed E-state index contributed by atoms with van der Waals surface area (Å²) >= 11 is 0. The fourth-order valence-corrected chi connectivity index (χ4v) is 4.52. The summed E-state index contributed by atoms with van der Waals surface area (Å²) in [5, 5.41) is 9.80. The van der Waals surface area contributed by atoms with Gasteiger partial charge in [0.2, 0.25) is 17.7 Å². The molecule has 0 fully saturated rings. The standard InChI is InChI=1S/C32H44N4O9/c1-2-12-41-14-16-43-18-19-44-17-15-42-13-11-33-29(37)20-34-30(38)21-35-31(39)22-36-32(40)45-23-28-26-9-5-3-7-24(26)25-8-4-6-10-27(25)28/h3-10,28H,2,11-23H2,1H3,(H,33,37)(H,34,38)(H,35,39)(H,36,40). The molecule has 1 aliphatic rings. The first-order chi connectivity index (χ1) is 22.0. The van der Waals surface area contributed by atoms with Crippen molar-refractivity contribution in [3.63, 3.8) is 0 Å². The van der Waals surface area contributed by atoms with Crippen LogP contribution in [-0.4, -0.2) is 109 Å². The SMILES string of the molecule is CCCOCCOCCOCCOCCNC(=O)CNC(=O)CNC(=O)CNC(=O)OCC1c2ccccc2-c2ccccc21. The highest BCUT2D eigenvalue weighted by atomic mass is 16.6. The van der Waals surface area contributed by atoms with E-state index in [1.165, 1.54) is 0 Å². The van der Waals surface area contributed by atoms with Gasteiger partial charge < -0.3 is 45.0 Å². The minimum absolute atomic E-state index is 0.0953. The van der Waals surface area contributed by atoms with Crippen molar-refractivity contribution in [3.8, 4) is 11.1 Å². The molecule has 13 nitrogen and oxygen atoms in total. The molecule has 45 heavy (non-hydrogen) atoms. The quantitative estimate of drug-likeness (QED) is 0.141. The lowest BCUT2D eigenvalue weighted by Crippen LogP contribution is -2.44. The van der Waals surface area contributed by atoms with E-state index in [1.54, 1.807) is 0 Å². The molecule has 0 spiro atoms. The molecule has 0 saturated heterocycles. The number of hydrogen-bond donors (Lipinski definition) is 4. The van der Waals surface area contributed by atoms with E-state index in [9.17, 15) is 19.2 Å². The average molecular weight is 629 g/mol. The first-order valence-corrected chi connectivity index (χ1v) is 15.2. The lowest BCUT2D eigenvalue weighted by molar-refractivity contribution is -0.127. The van der Waals surface area contributed by atoms with Gasteiger partial charge in [-0.3, -0.25) is 14.4 Å². The van der Waals surface area contributed by atoms with Gasteiger partial charge in [0.15, 0.2) is 0 Å². The average Bonchev–Trinajstić information content (AvgIpc) is 3.38. The second-order valence-corrected chi connectivity index (χ2v) is 10.0. The van der Waals surface area contributed by atoms with Gasteiger partial charge in [0.1, 0.15) is 13.2 Å². The number of ether oxygens (including phenoxy) is 5. The van der Waals surface area contributed by atoms with Gasteiger partial charge in [0, 0.05) is 19.1 Å². The van der Waals surface area contributed by atoms with E-state index in [0.717, 1.165) is 35.3 Å². The van der Waals surface area contributed by atoms with Crippen molar-refractivity contribution < 1.29 is 42.9 Å². The first-order valence-electron chi connectivity index (χ1n) is 15.2. The summed E-state index contributed by atoms with van der Waals surface area (Å²) in [6.07, 6.45) is 0.249. The van der Waals surface area contributed by atoms with Crippen LogP contribution in [-0.2, 0) is 38.1 Å². The molecule has 246 valence electrons. The molecule has 4 amide bonds. The highest BCUT2D eigenvalue weighted by Crippen LogP contribution is 2.44. The molecule has 0 atom stereocenters. The van der Waals surface area contributed by atoms with Crippen LogP contribution in [0.5, 0.6) is 0 Å². The van der Waals surface area contributed by atoms with Crippen LogP contribution in [0.15, 0.2) is 48.5 Å². The smallest absolute Gasteiger partial charge is 0.407 e. The largest absolute Gasteiger partial charge is 0.449 e. The summed E-state index contributed by atoms with van der Waals surface area (Å²) in [4.78, 5) is 48.2. The van der Waals surface area contributed by atoms with Crippen LogP contribution in [0.4, 0.5) is 4.79 Å². The molecule has 0 aliphatic heterocycles. The Bertz CT molecular complexity index is 1180. The number of amides is 4. The number of carbonyl (C=O) groups is 4. The predicted molar refractivity (Wildman–Crippen MR) is 166 cm³/mol. The van der Waals surface area contributed by atoms with Crippen LogP contribution in [0.3, 0.4) is 0 Å². The zero-order chi connectivity index (χ0) is 32.1. The zero-order valence-corrected chi connectivity index (χ0v) is 25.8. The Labute approximate surface area is 263 Å². The lowest BCUT2D eigenvalue weighted by atomic mass is 9.98. The third kappa shape index (κ3) is 13.2. The minimum Gasteiger partial charge on any atom is -0.449 e. The van der Waals surface area contributed by atoms with Gasteiger partial charge in [-0.25, -0.2) is 4.79 Å². The van der Waals surface area contributed by atoms with Gasteiger partial charge in [-0.15, -0.1) is 0 Å². The summed E-state index contributed by atoms with van der Waals surface area (Å²) in [6.45, 7) is 5.37. The molecule has 0 heterocycles. The Balaban J connectivity index is 1.15. The third-order valence-corrected chi connectivity index (χ3v) is 6.66. The number of benzene rings is 2. The number of rotatable bonds is 22. The highest BCUT2D eigenvalue weighted by Gasteiger charge is 2.29. The molecule has 3 rings (SSSR count). The topological polar surface area (TPSA) is 163 Å². The van der Waals surface area contributed by atoms with Gasteiger partial charge in [-0.2, -0.15) is 0 Å². The monoisotopic (exact) mass is 628 g/mol. The van der Waals surface area contributed by atoms with Crippen molar-refractivity contribution in [2.75, 3.05) is 85.6 Å². The van der Waals surface area contributed by atoms with Gasteiger partial charge in [0.05, 0.1) is 59.3 Å². The molecule has 0 aromatic heterocycles. The van der Waals surface area contributed by atoms with E-state index in [2.05, 4.69) is 28.2 Å². The van der Waals surface area contributed by atoms with E-state index in [4.69, 9.17) is 23.7 Å². The van der Waals surface area contributed by atoms with Gasteiger partial charge >= 0.3 is 6.09 Å². The van der Waals surface area contributed by atoms with Gasteiger partial charge in [0.25, 0.3) is 0 Å². The maximum Gasteiger partial charge on any atom is 0.407 e. The third-order valence-electron chi connectivity index (χ3n) is 6.66. The molecular formula is C32H44N4O9. The Hall–Kier alpha value is -4.04. The van der Waals surface area contributed by atoms with Crippen molar-refractivity contribution in [3.05, 3.63) is 59.7 Å². The summed E-state index contributed by atoms with van der Waals surface area (Å²) in [7, 11) is 0. The Kier molecular flexibility index (Phi) is 16.4. The number of alkyl carbamates (subject to hydrolysis) is 1. The van der Waals surface area contributed by atoms with Crippen LogP contribution in [0.1, 0.15) is 30.4 Å². The molecular weight excluding hydrogens is 584 g/mol. The van der Waals surface area contributed by atoms with E-state index >= 15 is 0 Å². The first kappa shape index (κ1) is 35.4. The lowest BCUT2D eigenvalue weighted by Gasteiger charge is -2.14. The van der Waals surface area contributed by atoms with Crippen molar-refractivity contribution >= 4 is 23.8 Å². The molecule has 4 N–H and O–H groups in total. The molecule has 0 unspecified atom stereocenters. The Morgan fingerprint density at radius 2 is 1.02 bits per heavy atom. The van der Waals surface area contributed by atoms with Crippen molar-refractivity contribution in [2.24, 2.45) is 0 Å². The summed E-state index contributed by atoms with van der Waals surface area (Å²) in [5.74, 6) is -1.62. The van der Waals surface area contributed by atoms with E-state index in [-0.39, 0.29) is 38.7 Å². The molecule has 1 aliphatic carbocycles. The second-order valence-electron chi connectivity index (χ2n) is 10.0.